The summed E-state index contributed by atoms with van der Waals surface area (Å²) in [5.41, 5.74) is 1.15. The first-order valence-electron chi connectivity index (χ1n) is 6.99. The quantitative estimate of drug-likeness (QED) is 0.779. The van der Waals surface area contributed by atoms with E-state index in [9.17, 15) is 14.4 Å². The SMILES string of the molecule is O=C(O)CN1C(=O)C(=c2sc3n(c2=O)CCN=3)c2ccccc21. The third-order valence-corrected chi connectivity index (χ3v) is 4.99. The third-order valence-electron chi connectivity index (χ3n) is 3.88. The summed E-state index contributed by atoms with van der Waals surface area (Å²) in [4.78, 5) is 42.4. The van der Waals surface area contributed by atoms with Gasteiger partial charge in [0.15, 0.2) is 4.80 Å². The first-order valence-corrected chi connectivity index (χ1v) is 7.81. The van der Waals surface area contributed by atoms with Gasteiger partial charge >= 0.3 is 5.97 Å². The van der Waals surface area contributed by atoms with Gasteiger partial charge in [-0.15, -0.1) is 0 Å². The van der Waals surface area contributed by atoms with E-state index in [0.717, 1.165) is 0 Å². The summed E-state index contributed by atoms with van der Waals surface area (Å²) in [7, 11) is 0. The molecule has 0 fully saturated rings. The summed E-state index contributed by atoms with van der Waals surface area (Å²) in [6, 6.07) is 6.92. The number of fused-ring (bicyclic) bond motifs is 2. The van der Waals surface area contributed by atoms with Gasteiger partial charge in [-0.25, -0.2) is 0 Å². The van der Waals surface area contributed by atoms with Crippen molar-refractivity contribution in [2.24, 2.45) is 4.99 Å². The molecule has 0 unspecified atom stereocenters. The van der Waals surface area contributed by atoms with Crippen molar-refractivity contribution in [2.45, 2.75) is 6.54 Å². The lowest BCUT2D eigenvalue weighted by atomic mass is 10.1. The normalized spacial score (nSPS) is 17.9. The molecule has 0 spiro atoms. The lowest BCUT2D eigenvalue weighted by molar-refractivity contribution is -0.136. The molecule has 1 aromatic heterocycles. The Hall–Kier alpha value is -2.74. The van der Waals surface area contributed by atoms with Crippen LogP contribution >= 0.6 is 11.3 Å². The highest BCUT2D eigenvalue weighted by molar-refractivity contribution is 7.07. The van der Waals surface area contributed by atoms with Gasteiger partial charge in [-0.05, 0) is 6.07 Å². The Kier molecular flexibility index (Phi) is 2.95. The average molecular weight is 329 g/mol. The first kappa shape index (κ1) is 13.9. The number of hydrogen-bond donors (Lipinski definition) is 1. The van der Waals surface area contributed by atoms with Gasteiger partial charge in [0.2, 0.25) is 0 Å². The van der Waals surface area contributed by atoms with E-state index in [4.69, 9.17) is 5.11 Å². The van der Waals surface area contributed by atoms with Crippen molar-refractivity contribution in [3.8, 4) is 0 Å². The first-order chi connectivity index (χ1) is 11.1. The number of aliphatic carboxylic acids is 1. The summed E-state index contributed by atoms with van der Waals surface area (Å²) in [6.45, 7) is 0.662. The van der Waals surface area contributed by atoms with Crippen LogP contribution in [0.15, 0.2) is 34.1 Å². The van der Waals surface area contributed by atoms with E-state index in [1.807, 2.05) is 0 Å². The maximum atomic E-state index is 12.7. The summed E-state index contributed by atoms with van der Waals surface area (Å²) >= 11 is 1.19. The van der Waals surface area contributed by atoms with Crippen molar-refractivity contribution in [1.82, 2.24) is 4.57 Å². The standard InChI is InChI=1S/C15H11N3O4S/c19-10(20)7-18-9-4-2-1-3-8(9)11(13(18)21)12-14(22)17-6-5-16-15(17)23-12/h1-4H,5-7H2,(H,19,20). The number of carbonyl (C=O) groups is 2. The number of para-hydroxylation sites is 1. The monoisotopic (exact) mass is 329 g/mol. The second-order valence-electron chi connectivity index (χ2n) is 5.23. The predicted octanol–water partition coefficient (Wildman–Crippen LogP) is -0.827. The number of thiazole rings is 1. The van der Waals surface area contributed by atoms with Gasteiger partial charge in [-0.1, -0.05) is 29.5 Å². The van der Waals surface area contributed by atoms with Crippen molar-refractivity contribution < 1.29 is 14.7 Å². The molecular weight excluding hydrogens is 318 g/mol. The van der Waals surface area contributed by atoms with Crippen molar-refractivity contribution in [3.63, 3.8) is 0 Å². The Labute approximate surface area is 133 Å². The van der Waals surface area contributed by atoms with Crippen LogP contribution in [0.2, 0.25) is 0 Å². The summed E-state index contributed by atoms with van der Waals surface area (Å²) < 4.78 is 1.89. The summed E-state index contributed by atoms with van der Waals surface area (Å²) in [6.07, 6.45) is 0. The zero-order valence-corrected chi connectivity index (χ0v) is 12.7. The number of rotatable bonds is 2. The van der Waals surface area contributed by atoms with Crippen molar-refractivity contribution >= 4 is 34.5 Å². The molecule has 0 aliphatic carbocycles. The number of carboxylic acid groups (broad SMARTS) is 1. The highest BCUT2D eigenvalue weighted by Gasteiger charge is 2.35. The van der Waals surface area contributed by atoms with E-state index < -0.39 is 18.4 Å². The molecule has 1 N–H and O–H groups in total. The Morgan fingerprint density at radius 3 is 2.83 bits per heavy atom. The van der Waals surface area contributed by atoms with Crippen LogP contribution in [0.4, 0.5) is 5.69 Å². The molecular formula is C15H11N3O4S. The van der Waals surface area contributed by atoms with Crippen LogP contribution in [0, 0.1) is 0 Å². The van der Waals surface area contributed by atoms with E-state index in [2.05, 4.69) is 4.99 Å². The highest BCUT2D eigenvalue weighted by Crippen LogP contribution is 2.34. The largest absolute Gasteiger partial charge is 0.480 e. The molecule has 2 aromatic rings. The molecule has 0 radical (unpaired) electrons. The maximum absolute atomic E-state index is 12.7. The average Bonchev–Trinajstić information content (AvgIpc) is 3.16. The number of anilines is 1. The molecule has 8 heteroatoms. The Bertz CT molecular complexity index is 1030. The molecule has 1 amide bonds. The van der Waals surface area contributed by atoms with Crippen LogP contribution in [-0.2, 0) is 16.1 Å². The molecule has 116 valence electrons. The van der Waals surface area contributed by atoms with E-state index >= 15 is 0 Å². The van der Waals surface area contributed by atoms with Gasteiger partial charge in [0.05, 0.1) is 17.8 Å². The van der Waals surface area contributed by atoms with Crippen LogP contribution in [-0.4, -0.2) is 34.6 Å². The lowest BCUT2D eigenvalue weighted by Gasteiger charge is -2.13. The Balaban J connectivity index is 2.04. The number of hydrogen-bond acceptors (Lipinski definition) is 5. The van der Waals surface area contributed by atoms with Gasteiger partial charge in [-0.2, -0.15) is 0 Å². The molecule has 2 aliphatic rings. The maximum Gasteiger partial charge on any atom is 0.323 e. The summed E-state index contributed by atoms with van der Waals surface area (Å²) in [5.74, 6) is -1.55. The molecule has 3 heterocycles. The fraction of sp³-hybridized carbons (Fsp3) is 0.200. The van der Waals surface area contributed by atoms with Gasteiger partial charge in [-0.3, -0.25) is 28.8 Å². The number of amides is 1. The second kappa shape index (κ2) is 4.88. The molecule has 4 rings (SSSR count). The molecule has 2 aliphatic heterocycles. The smallest absolute Gasteiger partial charge is 0.323 e. The van der Waals surface area contributed by atoms with E-state index in [1.54, 1.807) is 28.8 Å². The minimum Gasteiger partial charge on any atom is -0.480 e. The topological polar surface area (TPSA) is 92.0 Å². The molecule has 0 saturated carbocycles. The van der Waals surface area contributed by atoms with Crippen molar-refractivity contribution in [3.05, 3.63) is 49.5 Å². The molecule has 7 nitrogen and oxygen atoms in total. The van der Waals surface area contributed by atoms with Crippen LogP contribution in [0.1, 0.15) is 5.56 Å². The van der Waals surface area contributed by atoms with E-state index in [0.29, 0.717) is 33.7 Å². The van der Waals surface area contributed by atoms with Gasteiger partial charge in [0.1, 0.15) is 11.1 Å². The third kappa shape index (κ3) is 1.95. The van der Waals surface area contributed by atoms with Crippen molar-refractivity contribution in [2.75, 3.05) is 18.0 Å². The Morgan fingerprint density at radius 1 is 1.30 bits per heavy atom. The van der Waals surface area contributed by atoms with Gasteiger partial charge in [0.25, 0.3) is 11.5 Å². The fourth-order valence-electron chi connectivity index (χ4n) is 2.91. The molecule has 1 aromatic carbocycles. The van der Waals surface area contributed by atoms with E-state index in [1.165, 1.54) is 16.2 Å². The Morgan fingerprint density at radius 2 is 2.09 bits per heavy atom. The molecule has 0 atom stereocenters. The zero-order valence-electron chi connectivity index (χ0n) is 11.9. The van der Waals surface area contributed by atoms with Crippen molar-refractivity contribution in [1.29, 1.82) is 0 Å². The summed E-state index contributed by atoms with van der Waals surface area (Å²) in [5, 5.41) is 9.04. The number of carbonyl (C=O) groups excluding carboxylic acids is 1. The second-order valence-corrected chi connectivity index (χ2v) is 6.21. The van der Waals surface area contributed by atoms with Crippen LogP contribution < -0.4 is 19.8 Å². The van der Waals surface area contributed by atoms with E-state index in [-0.39, 0.29) is 11.1 Å². The number of nitrogens with zero attached hydrogens (tertiary/aromatic N) is 3. The highest BCUT2D eigenvalue weighted by atomic mass is 32.1. The fourth-order valence-corrected chi connectivity index (χ4v) is 4.03. The molecule has 0 saturated heterocycles. The molecule has 23 heavy (non-hydrogen) atoms. The van der Waals surface area contributed by atoms with Gasteiger partial charge in [0, 0.05) is 12.1 Å². The number of benzene rings is 1. The van der Waals surface area contributed by atoms with Crippen LogP contribution in [0.5, 0.6) is 0 Å². The predicted molar refractivity (Wildman–Crippen MR) is 83.2 cm³/mol. The number of carboxylic acids is 1. The zero-order chi connectivity index (χ0) is 16.1. The van der Waals surface area contributed by atoms with Crippen LogP contribution in [0.25, 0.3) is 5.57 Å². The minimum atomic E-state index is -1.10. The minimum absolute atomic E-state index is 0.235. The lowest BCUT2D eigenvalue weighted by Crippen LogP contribution is -2.36. The van der Waals surface area contributed by atoms with Crippen LogP contribution in [0.3, 0.4) is 0 Å². The molecule has 0 bridgehead atoms. The van der Waals surface area contributed by atoms with Gasteiger partial charge < -0.3 is 5.11 Å². The number of aromatic nitrogens is 1.